The van der Waals surface area contributed by atoms with Gasteiger partial charge in [0.25, 0.3) is 5.91 Å². The average Bonchev–Trinajstić information content (AvgIpc) is 3.48. The molecule has 6 heteroatoms. The standard InChI is InChI=1S/C21H26N4O2/c1-3-25(4-2)19-12-10-16(11-13-19)22-20(26)15-6-5-7-18(14-15)24-21(27)23-17-8-9-17/h5-7,10-14,17H,3-4,8-9H2,1-2H3,(H,22,26)(H2,23,24,27). The molecule has 3 amide bonds. The van der Waals surface area contributed by atoms with Crippen molar-refractivity contribution in [3.8, 4) is 0 Å². The molecule has 0 spiro atoms. The maximum atomic E-state index is 12.5. The Labute approximate surface area is 159 Å². The Kier molecular flexibility index (Phi) is 5.96. The summed E-state index contributed by atoms with van der Waals surface area (Å²) in [7, 11) is 0. The van der Waals surface area contributed by atoms with E-state index in [1.54, 1.807) is 24.3 Å². The Balaban J connectivity index is 1.61. The fourth-order valence-electron chi connectivity index (χ4n) is 2.87. The first-order valence-corrected chi connectivity index (χ1v) is 9.43. The Bertz CT molecular complexity index is 796. The molecule has 0 aromatic heterocycles. The minimum atomic E-state index is -0.234. The normalized spacial score (nSPS) is 13.0. The van der Waals surface area contributed by atoms with Gasteiger partial charge in [-0.25, -0.2) is 4.79 Å². The molecule has 142 valence electrons. The Morgan fingerprint density at radius 3 is 2.30 bits per heavy atom. The lowest BCUT2D eigenvalue weighted by Gasteiger charge is -2.21. The molecule has 0 aliphatic heterocycles. The van der Waals surface area contributed by atoms with Crippen LogP contribution in [0.5, 0.6) is 0 Å². The highest BCUT2D eigenvalue weighted by atomic mass is 16.2. The topological polar surface area (TPSA) is 73.5 Å². The van der Waals surface area contributed by atoms with E-state index in [2.05, 4.69) is 34.7 Å². The van der Waals surface area contributed by atoms with E-state index in [1.807, 2.05) is 24.3 Å². The lowest BCUT2D eigenvalue weighted by Crippen LogP contribution is -2.30. The quantitative estimate of drug-likeness (QED) is 0.692. The van der Waals surface area contributed by atoms with Crippen LogP contribution in [0.15, 0.2) is 48.5 Å². The number of rotatable bonds is 7. The molecule has 2 aromatic rings. The Hall–Kier alpha value is -3.02. The van der Waals surface area contributed by atoms with Crippen molar-refractivity contribution in [2.24, 2.45) is 0 Å². The van der Waals surface area contributed by atoms with Crippen molar-refractivity contribution in [3.63, 3.8) is 0 Å². The van der Waals surface area contributed by atoms with Gasteiger partial charge in [0.15, 0.2) is 0 Å². The van der Waals surface area contributed by atoms with Crippen LogP contribution in [0.25, 0.3) is 0 Å². The molecule has 0 saturated heterocycles. The summed E-state index contributed by atoms with van der Waals surface area (Å²) in [4.78, 5) is 26.6. The summed E-state index contributed by atoms with van der Waals surface area (Å²) in [5.41, 5.74) is 2.95. The highest BCUT2D eigenvalue weighted by Gasteiger charge is 2.23. The summed E-state index contributed by atoms with van der Waals surface area (Å²) < 4.78 is 0. The van der Waals surface area contributed by atoms with Gasteiger partial charge >= 0.3 is 6.03 Å². The van der Waals surface area contributed by atoms with Gasteiger partial charge in [-0.2, -0.15) is 0 Å². The van der Waals surface area contributed by atoms with Crippen LogP contribution in [-0.4, -0.2) is 31.1 Å². The molecular formula is C21H26N4O2. The third-order valence-electron chi connectivity index (χ3n) is 4.55. The second kappa shape index (κ2) is 8.58. The molecule has 3 N–H and O–H groups in total. The lowest BCUT2D eigenvalue weighted by molar-refractivity contribution is 0.102. The van der Waals surface area contributed by atoms with E-state index in [-0.39, 0.29) is 18.0 Å². The minimum absolute atomic E-state index is 0.211. The van der Waals surface area contributed by atoms with Gasteiger partial charge < -0.3 is 20.9 Å². The third kappa shape index (κ3) is 5.23. The van der Waals surface area contributed by atoms with Crippen LogP contribution in [-0.2, 0) is 0 Å². The Morgan fingerprint density at radius 1 is 0.963 bits per heavy atom. The van der Waals surface area contributed by atoms with E-state index < -0.39 is 0 Å². The summed E-state index contributed by atoms with van der Waals surface area (Å²) in [6, 6.07) is 14.8. The van der Waals surface area contributed by atoms with Crippen LogP contribution in [0.3, 0.4) is 0 Å². The van der Waals surface area contributed by atoms with Gasteiger partial charge in [0, 0.05) is 41.8 Å². The van der Waals surface area contributed by atoms with E-state index in [0.29, 0.717) is 11.3 Å². The monoisotopic (exact) mass is 366 g/mol. The summed E-state index contributed by atoms with van der Waals surface area (Å²) in [6.45, 7) is 6.11. The number of carbonyl (C=O) groups excluding carboxylic acids is 2. The maximum Gasteiger partial charge on any atom is 0.319 e. The lowest BCUT2D eigenvalue weighted by atomic mass is 10.1. The van der Waals surface area contributed by atoms with Gasteiger partial charge in [-0.15, -0.1) is 0 Å². The van der Waals surface area contributed by atoms with Crippen LogP contribution in [0.2, 0.25) is 0 Å². The predicted molar refractivity (Wildman–Crippen MR) is 110 cm³/mol. The zero-order valence-corrected chi connectivity index (χ0v) is 15.8. The molecule has 1 fully saturated rings. The van der Waals surface area contributed by atoms with E-state index in [9.17, 15) is 9.59 Å². The molecule has 27 heavy (non-hydrogen) atoms. The fourth-order valence-corrected chi connectivity index (χ4v) is 2.87. The molecule has 0 bridgehead atoms. The summed E-state index contributed by atoms with van der Waals surface area (Å²) >= 11 is 0. The van der Waals surface area contributed by atoms with Gasteiger partial charge in [-0.05, 0) is 69.2 Å². The first-order valence-electron chi connectivity index (χ1n) is 9.43. The molecule has 0 heterocycles. The number of nitrogens with zero attached hydrogens (tertiary/aromatic N) is 1. The largest absolute Gasteiger partial charge is 0.372 e. The average molecular weight is 366 g/mol. The first kappa shape index (κ1) is 18.8. The number of benzene rings is 2. The SMILES string of the molecule is CCN(CC)c1ccc(NC(=O)c2cccc(NC(=O)NC3CC3)c2)cc1. The number of anilines is 3. The second-order valence-electron chi connectivity index (χ2n) is 6.63. The summed E-state index contributed by atoms with van der Waals surface area (Å²) in [6.07, 6.45) is 2.06. The van der Waals surface area contributed by atoms with Gasteiger partial charge in [-0.1, -0.05) is 6.07 Å². The van der Waals surface area contributed by atoms with E-state index >= 15 is 0 Å². The zero-order valence-electron chi connectivity index (χ0n) is 15.8. The first-order chi connectivity index (χ1) is 13.1. The minimum Gasteiger partial charge on any atom is -0.372 e. The van der Waals surface area contributed by atoms with Crippen molar-refractivity contribution >= 4 is 29.0 Å². The van der Waals surface area contributed by atoms with Crippen LogP contribution in [0.4, 0.5) is 21.9 Å². The molecule has 0 radical (unpaired) electrons. The second-order valence-corrected chi connectivity index (χ2v) is 6.63. The fraction of sp³-hybridized carbons (Fsp3) is 0.333. The van der Waals surface area contributed by atoms with Crippen LogP contribution in [0, 0.1) is 0 Å². The van der Waals surface area contributed by atoms with Crippen molar-refractivity contribution in [2.75, 3.05) is 28.6 Å². The van der Waals surface area contributed by atoms with Crippen molar-refractivity contribution in [2.45, 2.75) is 32.7 Å². The molecule has 2 aromatic carbocycles. The molecule has 0 atom stereocenters. The third-order valence-corrected chi connectivity index (χ3v) is 4.55. The van der Waals surface area contributed by atoms with E-state index in [1.165, 1.54) is 0 Å². The van der Waals surface area contributed by atoms with Gasteiger partial charge in [0.05, 0.1) is 0 Å². The number of carbonyl (C=O) groups is 2. The van der Waals surface area contributed by atoms with Crippen LogP contribution >= 0.6 is 0 Å². The predicted octanol–water partition coefficient (Wildman–Crippen LogP) is 4.07. The molecular weight excluding hydrogens is 340 g/mol. The zero-order chi connectivity index (χ0) is 19.2. The van der Waals surface area contributed by atoms with E-state index in [4.69, 9.17) is 0 Å². The molecule has 1 aliphatic rings. The highest BCUT2D eigenvalue weighted by Crippen LogP contribution is 2.20. The molecule has 0 unspecified atom stereocenters. The molecule has 1 saturated carbocycles. The van der Waals surface area contributed by atoms with Gasteiger partial charge in [0.1, 0.15) is 0 Å². The van der Waals surface area contributed by atoms with Crippen molar-refractivity contribution in [1.82, 2.24) is 5.32 Å². The van der Waals surface area contributed by atoms with Crippen LogP contribution < -0.4 is 20.9 Å². The maximum absolute atomic E-state index is 12.5. The molecule has 3 rings (SSSR count). The number of nitrogens with one attached hydrogen (secondary N) is 3. The van der Waals surface area contributed by atoms with Crippen molar-refractivity contribution in [3.05, 3.63) is 54.1 Å². The van der Waals surface area contributed by atoms with E-state index in [0.717, 1.165) is 37.3 Å². The Morgan fingerprint density at radius 2 is 1.67 bits per heavy atom. The van der Waals surface area contributed by atoms with Crippen molar-refractivity contribution < 1.29 is 9.59 Å². The summed E-state index contributed by atoms with van der Waals surface area (Å²) in [5.74, 6) is -0.211. The van der Waals surface area contributed by atoms with Gasteiger partial charge in [0.2, 0.25) is 0 Å². The number of hydrogen-bond acceptors (Lipinski definition) is 3. The van der Waals surface area contributed by atoms with Gasteiger partial charge in [-0.3, -0.25) is 4.79 Å². The number of amides is 3. The smallest absolute Gasteiger partial charge is 0.319 e. The number of urea groups is 1. The van der Waals surface area contributed by atoms with Crippen molar-refractivity contribution in [1.29, 1.82) is 0 Å². The van der Waals surface area contributed by atoms with Crippen LogP contribution in [0.1, 0.15) is 37.0 Å². The molecule has 6 nitrogen and oxygen atoms in total. The number of hydrogen-bond donors (Lipinski definition) is 3. The molecule has 1 aliphatic carbocycles. The highest BCUT2D eigenvalue weighted by molar-refractivity contribution is 6.05. The summed E-state index contributed by atoms with van der Waals surface area (Å²) in [5, 5.41) is 8.53.